The maximum Gasteiger partial charge on any atom is 0.260 e. The Morgan fingerprint density at radius 1 is 1.06 bits per heavy atom. The quantitative estimate of drug-likeness (QED) is 0.463. The lowest BCUT2D eigenvalue weighted by atomic mass is 10.1. The van der Waals surface area contributed by atoms with Crippen molar-refractivity contribution in [2.75, 3.05) is 31.6 Å². The minimum absolute atomic E-state index is 0.207. The van der Waals surface area contributed by atoms with Crippen LogP contribution in [-0.2, 0) is 11.3 Å². The molecule has 4 aromatic rings. The van der Waals surface area contributed by atoms with Gasteiger partial charge in [0.1, 0.15) is 0 Å². The van der Waals surface area contributed by atoms with E-state index in [9.17, 15) is 4.79 Å². The van der Waals surface area contributed by atoms with Crippen LogP contribution in [-0.4, -0.2) is 51.9 Å². The van der Waals surface area contributed by atoms with E-state index in [4.69, 9.17) is 9.72 Å². The molecule has 7 nitrogen and oxygen atoms in total. The van der Waals surface area contributed by atoms with E-state index in [2.05, 4.69) is 27.4 Å². The summed E-state index contributed by atoms with van der Waals surface area (Å²) in [5, 5.41) is 8.01. The minimum atomic E-state index is -0.207. The Kier molecular flexibility index (Phi) is 6.30. The Hall–Kier alpha value is -3.33. The highest BCUT2D eigenvalue weighted by atomic mass is 32.1. The zero-order chi connectivity index (χ0) is 22.6. The van der Waals surface area contributed by atoms with E-state index in [0.29, 0.717) is 10.7 Å². The fraction of sp³-hybridized carbons (Fsp3) is 0.240. The summed E-state index contributed by atoms with van der Waals surface area (Å²) in [6.45, 7) is 5.96. The van der Waals surface area contributed by atoms with E-state index in [-0.39, 0.29) is 5.91 Å². The fourth-order valence-corrected chi connectivity index (χ4v) is 4.94. The standard InChI is InChI=1S/C25H25N5O2S/c1-18-21(16-26-30(18)20-10-6-3-7-11-20)24(31)28-25-27-23(19-8-4-2-5-9-19)22(33-25)17-29-12-14-32-15-13-29/h2-11,16H,12-15,17H2,1H3,(H,27,28,31). The first-order valence-electron chi connectivity index (χ1n) is 11.0. The number of amides is 1. The lowest BCUT2D eigenvalue weighted by molar-refractivity contribution is 0.0347. The molecule has 1 saturated heterocycles. The van der Waals surface area contributed by atoms with Crippen LogP contribution in [0.1, 0.15) is 20.9 Å². The third-order valence-electron chi connectivity index (χ3n) is 5.69. The van der Waals surface area contributed by atoms with Crippen LogP contribution in [0.5, 0.6) is 0 Å². The molecule has 168 valence electrons. The molecule has 2 aromatic heterocycles. The van der Waals surface area contributed by atoms with Gasteiger partial charge in [-0.1, -0.05) is 59.9 Å². The van der Waals surface area contributed by atoms with Crippen LogP contribution in [0.2, 0.25) is 0 Å². The molecular weight excluding hydrogens is 434 g/mol. The number of ether oxygens (including phenoxy) is 1. The number of morpholine rings is 1. The first kappa shape index (κ1) is 21.5. The van der Waals surface area contributed by atoms with Crippen molar-refractivity contribution in [2.45, 2.75) is 13.5 Å². The van der Waals surface area contributed by atoms with Crippen molar-refractivity contribution in [3.05, 3.63) is 83.0 Å². The van der Waals surface area contributed by atoms with Crippen LogP contribution in [0, 0.1) is 6.92 Å². The van der Waals surface area contributed by atoms with E-state index in [1.54, 1.807) is 10.9 Å². The molecule has 0 atom stereocenters. The largest absolute Gasteiger partial charge is 0.379 e. The highest BCUT2D eigenvalue weighted by molar-refractivity contribution is 7.16. The Balaban J connectivity index is 1.40. The molecule has 3 heterocycles. The maximum absolute atomic E-state index is 13.1. The van der Waals surface area contributed by atoms with E-state index in [1.165, 1.54) is 11.3 Å². The van der Waals surface area contributed by atoms with Gasteiger partial charge in [0.25, 0.3) is 5.91 Å². The number of aromatic nitrogens is 3. The number of anilines is 1. The molecule has 1 N–H and O–H groups in total. The molecule has 5 rings (SSSR count). The monoisotopic (exact) mass is 459 g/mol. The summed E-state index contributed by atoms with van der Waals surface area (Å²) in [7, 11) is 0. The average molecular weight is 460 g/mol. The summed E-state index contributed by atoms with van der Waals surface area (Å²) in [6.07, 6.45) is 1.61. The van der Waals surface area contributed by atoms with Gasteiger partial charge in [-0.05, 0) is 19.1 Å². The summed E-state index contributed by atoms with van der Waals surface area (Å²) in [5.74, 6) is -0.207. The number of nitrogens with one attached hydrogen (secondary N) is 1. The molecule has 1 amide bonds. The number of thiazole rings is 1. The van der Waals surface area contributed by atoms with Crippen LogP contribution in [0.4, 0.5) is 5.13 Å². The van der Waals surface area contributed by atoms with Gasteiger partial charge in [0.15, 0.2) is 5.13 Å². The molecule has 1 aliphatic rings. The van der Waals surface area contributed by atoms with Gasteiger partial charge < -0.3 is 4.74 Å². The molecule has 2 aromatic carbocycles. The van der Waals surface area contributed by atoms with Gasteiger partial charge in [-0.15, -0.1) is 0 Å². The molecule has 33 heavy (non-hydrogen) atoms. The van der Waals surface area contributed by atoms with Crippen LogP contribution >= 0.6 is 11.3 Å². The summed E-state index contributed by atoms with van der Waals surface area (Å²) in [6, 6.07) is 19.9. The maximum atomic E-state index is 13.1. The fourth-order valence-electron chi connectivity index (χ4n) is 3.92. The van der Waals surface area contributed by atoms with E-state index in [1.807, 2.05) is 55.5 Å². The molecule has 0 unspecified atom stereocenters. The first-order valence-corrected chi connectivity index (χ1v) is 11.8. The second kappa shape index (κ2) is 9.66. The lowest BCUT2D eigenvalue weighted by Gasteiger charge is -2.26. The Bertz CT molecular complexity index is 1230. The van der Waals surface area contributed by atoms with Gasteiger partial charge in [0, 0.05) is 30.1 Å². The zero-order valence-corrected chi connectivity index (χ0v) is 19.2. The molecule has 0 spiro atoms. The van der Waals surface area contributed by atoms with Crippen molar-refractivity contribution < 1.29 is 9.53 Å². The predicted molar refractivity (Wildman–Crippen MR) is 130 cm³/mol. The topological polar surface area (TPSA) is 72.3 Å². The average Bonchev–Trinajstić information content (AvgIpc) is 3.44. The number of nitrogens with zero attached hydrogens (tertiary/aromatic N) is 4. The van der Waals surface area contributed by atoms with Crippen molar-refractivity contribution in [1.82, 2.24) is 19.7 Å². The van der Waals surface area contributed by atoms with Crippen molar-refractivity contribution in [3.8, 4) is 16.9 Å². The molecule has 1 aliphatic heterocycles. The number of carbonyl (C=O) groups is 1. The van der Waals surface area contributed by atoms with Gasteiger partial charge in [-0.3, -0.25) is 15.0 Å². The molecule has 0 aliphatic carbocycles. The van der Waals surface area contributed by atoms with Gasteiger partial charge >= 0.3 is 0 Å². The molecule has 1 fully saturated rings. The van der Waals surface area contributed by atoms with Crippen molar-refractivity contribution >= 4 is 22.4 Å². The second-order valence-electron chi connectivity index (χ2n) is 7.89. The van der Waals surface area contributed by atoms with E-state index in [0.717, 1.165) is 60.4 Å². The van der Waals surface area contributed by atoms with Crippen molar-refractivity contribution in [1.29, 1.82) is 0 Å². The normalized spacial score (nSPS) is 14.3. The van der Waals surface area contributed by atoms with E-state index < -0.39 is 0 Å². The van der Waals surface area contributed by atoms with Gasteiger partial charge in [0.05, 0.1) is 42.0 Å². The Morgan fingerprint density at radius 3 is 2.48 bits per heavy atom. The summed E-state index contributed by atoms with van der Waals surface area (Å²) < 4.78 is 7.26. The molecule has 0 saturated carbocycles. The van der Waals surface area contributed by atoms with Crippen LogP contribution in [0.25, 0.3) is 16.9 Å². The number of carbonyl (C=O) groups excluding carboxylic acids is 1. The number of benzene rings is 2. The SMILES string of the molecule is Cc1c(C(=O)Nc2nc(-c3ccccc3)c(CN3CCOCC3)s2)cnn1-c1ccccc1. The van der Waals surface area contributed by atoms with E-state index >= 15 is 0 Å². The Labute approximate surface area is 196 Å². The third-order valence-corrected chi connectivity index (χ3v) is 6.65. The number of hydrogen-bond donors (Lipinski definition) is 1. The predicted octanol–water partition coefficient (Wildman–Crippen LogP) is 4.39. The highest BCUT2D eigenvalue weighted by Gasteiger charge is 2.21. The van der Waals surface area contributed by atoms with Gasteiger partial charge in [0.2, 0.25) is 0 Å². The number of hydrogen-bond acceptors (Lipinski definition) is 6. The zero-order valence-electron chi connectivity index (χ0n) is 18.4. The summed E-state index contributed by atoms with van der Waals surface area (Å²) in [5.41, 5.74) is 4.20. The second-order valence-corrected chi connectivity index (χ2v) is 8.97. The number of para-hydroxylation sites is 1. The Morgan fingerprint density at radius 2 is 1.76 bits per heavy atom. The summed E-state index contributed by atoms with van der Waals surface area (Å²) in [4.78, 5) is 21.4. The molecule has 8 heteroatoms. The van der Waals surface area contributed by atoms with Gasteiger partial charge in [-0.2, -0.15) is 5.10 Å². The van der Waals surface area contributed by atoms with Crippen LogP contribution in [0.15, 0.2) is 66.9 Å². The smallest absolute Gasteiger partial charge is 0.260 e. The van der Waals surface area contributed by atoms with Crippen molar-refractivity contribution in [3.63, 3.8) is 0 Å². The first-order chi connectivity index (χ1) is 16.2. The third kappa shape index (κ3) is 4.73. The van der Waals surface area contributed by atoms with Crippen molar-refractivity contribution in [2.24, 2.45) is 0 Å². The van der Waals surface area contributed by atoms with Crippen LogP contribution < -0.4 is 5.32 Å². The molecular formula is C25H25N5O2S. The van der Waals surface area contributed by atoms with Crippen LogP contribution in [0.3, 0.4) is 0 Å². The highest BCUT2D eigenvalue weighted by Crippen LogP contribution is 2.32. The molecule has 0 bridgehead atoms. The molecule has 0 radical (unpaired) electrons. The minimum Gasteiger partial charge on any atom is -0.379 e. The van der Waals surface area contributed by atoms with Gasteiger partial charge in [-0.25, -0.2) is 9.67 Å². The summed E-state index contributed by atoms with van der Waals surface area (Å²) >= 11 is 1.53. The lowest BCUT2D eigenvalue weighted by Crippen LogP contribution is -2.35. The number of rotatable bonds is 6.